The predicted octanol–water partition coefficient (Wildman–Crippen LogP) is 4.68. The Hall–Kier alpha value is -3.86. The summed E-state index contributed by atoms with van der Waals surface area (Å²) in [5.41, 5.74) is 7.54. The number of nitrogens with two attached hydrogens (primary N) is 1. The Morgan fingerprint density at radius 2 is 1.76 bits per heavy atom. The minimum absolute atomic E-state index is 0.0211. The quantitative estimate of drug-likeness (QED) is 0.156. The molecule has 1 amide bonds. The van der Waals surface area contributed by atoms with Crippen LogP contribution in [0.15, 0.2) is 88.1 Å². The molecule has 1 aromatic heterocycles. The van der Waals surface area contributed by atoms with Crippen LogP contribution in [0.3, 0.4) is 0 Å². The monoisotopic (exact) mass is 565 g/mol. The van der Waals surface area contributed by atoms with E-state index < -0.39 is 39.3 Å². The lowest BCUT2D eigenvalue weighted by Crippen LogP contribution is -2.30. The minimum Gasteiger partial charge on any atom is -0.399 e. The summed E-state index contributed by atoms with van der Waals surface area (Å²) in [4.78, 5) is 45.8. The maximum absolute atomic E-state index is 13.7. The Morgan fingerprint density at radius 1 is 1.03 bits per heavy atom. The molecule has 1 aliphatic rings. The van der Waals surface area contributed by atoms with Crippen molar-refractivity contribution >= 4 is 61.1 Å². The molecule has 0 aliphatic carbocycles. The molecule has 2 unspecified atom stereocenters. The van der Waals surface area contributed by atoms with Gasteiger partial charge in [-0.25, -0.2) is 13.4 Å². The van der Waals surface area contributed by atoms with E-state index >= 15 is 0 Å². The first-order chi connectivity index (χ1) is 18.1. The molecule has 1 aliphatic heterocycles. The van der Waals surface area contributed by atoms with E-state index in [9.17, 15) is 22.8 Å². The number of benzene rings is 3. The van der Waals surface area contributed by atoms with Gasteiger partial charge in [-0.15, -0.1) is 0 Å². The largest absolute Gasteiger partial charge is 0.399 e. The van der Waals surface area contributed by atoms with E-state index in [0.717, 1.165) is 22.4 Å². The van der Waals surface area contributed by atoms with Gasteiger partial charge in [-0.1, -0.05) is 53.3 Å². The third kappa shape index (κ3) is 4.40. The number of sulfone groups is 1. The summed E-state index contributed by atoms with van der Waals surface area (Å²) < 4.78 is 26.2. The summed E-state index contributed by atoms with van der Waals surface area (Å²) in [5, 5.41) is 0.322. The highest BCUT2D eigenvalue weighted by molar-refractivity contribution is 7.93. The number of nitrogens with zero attached hydrogens (tertiary/aromatic N) is 2. The number of ketones is 2. The highest BCUT2D eigenvalue weighted by atomic mass is 35.5. The number of aromatic nitrogens is 1. The van der Waals surface area contributed by atoms with Crippen molar-refractivity contribution in [2.24, 2.45) is 5.92 Å². The molecule has 0 spiro atoms. The van der Waals surface area contributed by atoms with Gasteiger partial charge in [-0.3, -0.25) is 19.3 Å². The Kier molecular flexibility index (Phi) is 6.64. The standard InChI is InChI=1S/C27H20ClN3O5S2/c1-15-12-18(29)10-11-20(15)24(32)22-23(16-6-5-7-17(28)13-16)31(26(34)25(22)33)27-30-14-21(37-27)38(35,36)19-8-3-2-4-9-19/h2-14,22-23H,29H2,1H3. The number of Topliss-reactive ketones (excluding diaryl/α,β-unsaturated/α-hetero) is 2. The fourth-order valence-corrected chi connectivity index (χ4v) is 7.28. The zero-order chi connectivity index (χ0) is 27.2. The molecule has 0 saturated carbocycles. The average molecular weight is 566 g/mol. The molecule has 38 heavy (non-hydrogen) atoms. The number of rotatable bonds is 6. The molecule has 5 rings (SSSR count). The number of anilines is 2. The molecule has 2 N–H and O–H groups in total. The molecule has 0 bridgehead atoms. The lowest BCUT2D eigenvalue weighted by molar-refractivity contribution is -0.135. The van der Waals surface area contributed by atoms with Crippen molar-refractivity contribution in [2.75, 3.05) is 10.6 Å². The first-order valence-electron chi connectivity index (χ1n) is 11.4. The molecule has 8 nitrogen and oxygen atoms in total. The molecule has 0 radical (unpaired) electrons. The number of hydrogen-bond donors (Lipinski definition) is 1. The third-order valence-electron chi connectivity index (χ3n) is 6.29. The van der Waals surface area contributed by atoms with Crippen LogP contribution in [0.4, 0.5) is 10.8 Å². The number of carbonyl (C=O) groups excluding carboxylic acids is 3. The van der Waals surface area contributed by atoms with Crippen LogP contribution in [0.5, 0.6) is 0 Å². The lowest BCUT2D eigenvalue weighted by atomic mass is 9.85. The first-order valence-corrected chi connectivity index (χ1v) is 14.1. The second kappa shape index (κ2) is 9.79. The highest BCUT2D eigenvalue weighted by Crippen LogP contribution is 2.44. The van der Waals surface area contributed by atoms with Crippen LogP contribution < -0.4 is 10.6 Å². The SMILES string of the molecule is Cc1cc(N)ccc1C(=O)C1C(=O)C(=O)N(c2ncc(S(=O)(=O)c3ccccc3)s2)C1c1cccc(Cl)c1. The Labute approximate surface area is 227 Å². The number of hydrogen-bond acceptors (Lipinski definition) is 8. The van der Waals surface area contributed by atoms with Gasteiger partial charge in [0.2, 0.25) is 15.6 Å². The molecule has 4 aromatic rings. The van der Waals surface area contributed by atoms with Gasteiger partial charge in [0, 0.05) is 16.3 Å². The van der Waals surface area contributed by atoms with Crippen LogP contribution in [0.25, 0.3) is 0 Å². The summed E-state index contributed by atoms with van der Waals surface area (Å²) in [6, 6.07) is 17.9. The minimum atomic E-state index is -3.92. The molecular formula is C27H20ClN3O5S2. The number of halogens is 1. The van der Waals surface area contributed by atoms with E-state index in [1.54, 1.807) is 61.5 Å². The molecule has 1 fully saturated rings. The van der Waals surface area contributed by atoms with Crippen LogP contribution in [0.1, 0.15) is 27.5 Å². The van der Waals surface area contributed by atoms with Crippen LogP contribution in [0, 0.1) is 12.8 Å². The van der Waals surface area contributed by atoms with E-state index in [2.05, 4.69) is 4.98 Å². The van der Waals surface area contributed by atoms with Crippen molar-refractivity contribution in [3.63, 3.8) is 0 Å². The fraction of sp³-hybridized carbons (Fsp3) is 0.111. The third-order valence-corrected chi connectivity index (χ3v) is 9.75. The molecular weight excluding hydrogens is 546 g/mol. The molecule has 192 valence electrons. The second-order valence-corrected chi connectivity index (χ2v) is 12.4. The Morgan fingerprint density at radius 3 is 2.45 bits per heavy atom. The molecule has 3 aromatic carbocycles. The lowest BCUT2D eigenvalue weighted by Gasteiger charge is -2.25. The van der Waals surface area contributed by atoms with Crippen molar-refractivity contribution in [3.05, 3.63) is 101 Å². The first kappa shape index (κ1) is 25.8. The van der Waals surface area contributed by atoms with Gasteiger partial charge < -0.3 is 5.73 Å². The van der Waals surface area contributed by atoms with E-state index in [4.69, 9.17) is 17.3 Å². The zero-order valence-corrected chi connectivity index (χ0v) is 22.3. The van der Waals surface area contributed by atoms with Crippen LogP contribution >= 0.6 is 22.9 Å². The number of thiazole rings is 1. The highest BCUT2D eigenvalue weighted by Gasteiger charge is 2.53. The summed E-state index contributed by atoms with van der Waals surface area (Å²) in [5.74, 6) is -3.83. The average Bonchev–Trinajstić information content (AvgIpc) is 3.48. The van der Waals surface area contributed by atoms with Gasteiger partial charge in [-0.2, -0.15) is 0 Å². The maximum atomic E-state index is 13.7. The van der Waals surface area contributed by atoms with Gasteiger partial charge in [0.25, 0.3) is 5.91 Å². The molecule has 11 heteroatoms. The van der Waals surface area contributed by atoms with Crippen LogP contribution in [-0.4, -0.2) is 30.9 Å². The van der Waals surface area contributed by atoms with Gasteiger partial charge >= 0.3 is 0 Å². The summed E-state index contributed by atoms with van der Waals surface area (Å²) >= 11 is 6.98. The normalized spacial score (nSPS) is 17.7. The molecule has 2 heterocycles. The van der Waals surface area contributed by atoms with E-state index in [-0.39, 0.29) is 19.8 Å². The summed E-state index contributed by atoms with van der Waals surface area (Å²) in [6.45, 7) is 1.69. The van der Waals surface area contributed by atoms with Crippen molar-refractivity contribution in [2.45, 2.75) is 22.1 Å². The fourth-order valence-electron chi connectivity index (χ4n) is 4.50. The zero-order valence-electron chi connectivity index (χ0n) is 19.9. The topological polar surface area (TPSA) is 128 Å². The number of aryl methyl sites for hydroxylation is 1. The number of amides is 1. The van der Waals surface area contributed by atoms with E-state index in [0.29, 0.717) is 21.8 Å². The summed E-state index contributed by atoms with van der Waals surface area (Å²) in [7, 11) is -3.92. The maximum Gasteiger partial charge on any atom is 0.297 e. The summed E-state index contributed by atoms with van der Waals surface area (Å²) in [6.07, 6.45) is 1.15. The predicted molar refractivity (Wildman–Crippen MR) is 144 cm³/mol. The van der Waals surface area contributed by atoms with Crippen LogP contribution in [-0.2, 0) is 19.4 Å². The molecule has 1 saturated heterocycles. The van der Waals surface area contributed by atoms with Crippen molar-refractivity contribution in [1.82, 2.24) is 4.98 Å². The number of nitrogen functional groups attached to an aromatic ring is 1. The van der Waals surface area contributed by atoms with Gasteiger partial charge in [-0.05, 0) is 60.5 Å². The van der Waals surface area contributed by atoms with Gasteiger partial charge in [0.05, 0.1) is 17.1 Å². The second-order valence-electron chi connectivity index (χ2n) is 8.73. The Balaban J connectivity index is 1.63. The van der Waals surface area contributed by atoms with Gasteiger partial charge in [0.1, 0.15) is 10.1 Å². The van der Waals surface area contributed by atoms with Crippen LogP contribution in [0.2, 0.25) is 5.02 Å². The van der Waals surface area contributed by atoms with Crippen molar-refractivity contribution < 1.29 is 22.8 Å². The Bertz CT molecular complexity index is 1700. The van der Waals surface area contributed by atoms with Crippen molar-refractivity contribution in [3.8, 4) is 0 Å². The van der Waals surface area contributed by atoms with E-state index in [1.165, 1.54) is 18.2 Å². The van der Waals surface area contributed by atoms with Crippen molar-refractivity contribution in [1.29, 1.82) is 0 Å². The number of carbonyl (C=O) groups is 3. The smallest absolute Gasteiger partial charge is 0.297 e. The van der Waals surface area contributed by atoms with E-state index in [1.807, 2.05) is 0 Å². The van der Waals surface area contributed by atoms with Gasteiger partial charge in [0.15, 0.2) is 10.9 Å². The molecule has 2 atom stereocenters.